The van der Waals surface area contributed by atoms with Crippen LogP contribution in [0.25, 0.3) is 17.1 Å². The molecule has 0 fully saturated rings. The highest BCUT2D eigenvalue weighted by molar-refractivity contribution is 7.99. The zero-order chi connectivity index (χ0) is 17.8. The van der Waals surface area contributed by atoms with Crippen LogP contribution in [0.5, 0.6) is 5.75 Å². The number of rotatable bonds is 6. The van der Waals surface area contributed by atoms with Gasteiger partial charge >= 0.3 is 5.16 Å². The number of carbonyl (C=O) groups excluding carboxylic acids is 1. The van der Waals surface area contributed by atoms with E-state index in [4.69, 9.17) is 16.3 Å². The van der Waals surface area contributed by atoms with Crippen LogP contribution >= 0.6 is 23.4 Å². The molecular weight excluding hydrogens is 362 g/mol. The van der Waals surface area contributed by atoms with E-state index < -0.39 is 5.97 Å². The molecule has 0 aliphatic rings. The summed E-state index contributed by atoms with van der Waals surface area (Å²) in [5.74, 6) is 0.0935. The van der Waals surface area contributed by atoms with E-state index in [0.717, 1.165) is 28.8 Å². The number of methoxy groups -OCH3 is 1. The van der Waals surface area contributed by atoms with Gasteiger partial charge in [-0.3, -0.25) is 0 Å². The van der Waals surface area contributed by atoms with Crippen LogP contribution in [0.15, 0.2) is 53.7 Å². The second kappa shape index (κ2) is 7.58. The lowest BCUT2D eigenvalue weighted by molar-refractivity contribution is -0.625. The molecule has 3 rings (SSSR count). The molecule has 2 aromatic carbocycles. The first-order chi connectivity index (χ1) is 12.1. The van der Waals surface area contributed by atoms with Gasteiger partial charge in [-0.05, 0) is 60.3 Å². The number of aromatic amines is 1. The SMILES string of the molecule is COc1ccc(-[n+]2c(SCC(=O)[O-])n[nH]c2-c2ccc(Cl)cc2)cc1. The fraction of sp³-hybridized carbons (Fsp3) is 0.118. The number of hydrogen-bond donors (Lipinski definition) is 1. The normalized spacial score (nSPS) is 10.6. The first-order valence-electron chi connectivity index (χ1n) is 7.32. The molecule has 1 N–H and O–H groups in total. The molecule has 0 amide bonds. The van der Waals surface area contributed by atoms with E-state index in [1.54, 1.807) is 19.2 Å². The third kappa shape index (κ3) is 3.94. The van der Waals surface area contributed by atoms with Crippen molar-refractivity contribution in [1.82, 2.24) is 10.2 Å². The Kier molecular flexibility index (Phi) is 5.25. The lowest BCUT2D eigenvalue weighted by Gasteiger charge is -2.06. The van der Waals surface area contributed by atoms with Gasteiger partial charge in [-0.15, -0.1) is 5.10 Å². The maximum atomic E-state index is 10.8. The van der Waals surface area contributed by atoms with E-state index in [0.29, 0.717) is 16.0 Å². The molecule has 0 unspecified atom stereocenters. The number of halogens is 1. The summed E-state index contributed by atoms with van der Waals surface area (Å²) >= 11 is 7.04. The van der Waals surface area contributed by atoms with Gasteiger partial charge in [-0.2, -0.15) is 4.57 Å². The fourth-order valence-corrected chi connectivity index (χ4v) is 3.10. The van der Waals surface area contributed by atoms with Crippen LogP contribution in [-0.4, -0.2) is 29.0 Å². The average molecular weight is 376 g/mol. The van der Waals surface area contributed by atoms with Gasteiger partial charge in [0.05, 0.1) is 23.7 Å². The van der Waals surface area contributed by atoms with E-state index in [2.05, 4.69) is 10.2 Å². The van der Waals surface area contributed by atoms with Crippen molar-refractivity contribution in [3.63, 3.8) is 0 Å². The summed E-state index contributed by atoms with van der Waals surface area (Å²) in [7, 11) is 1.60. The summed E-state index contributed by atoms with van der Waals surface area (Å²) in [6.07, 6.45) is 0. The number of benzene rings is 2. The number of hydrogen-bond acceptors (Lipinski definition) is 5. The van der Waals surface area contributed by atoms with Crippen molar-refractivity contribution in [3.05, 3.63) is 53.6 Å². The van der Waals surface area contributed by atoms with Gasteiger partial charge in [-0.1, -0.05) is 11.6 Å². The summed E-state index contributed by atoms with van der Waals surface area (Å²) < 4.78 is 7.03. The number of H-pyrrole nitrogens is 1. The molecule has 0 aliphatic carbocycles. The zero-order valence-corrected chi connectivity index (χ0v) is 14.8. The minimum absolute atomic E-state index is 0.193. The molecular formula is C17H14ClN3O3S. The van der Waals surface area contributed by atoms with Crippen LogP contribution in [-0.2, 0) is 4.79 Å². The standard InChI is InChI=1S/C17H14ClN3O3S/c1-24-14-8-6-13(7-9-14)21-16(11-2-4-12(18)5-3-11)19-20-17(21)25-10-15(22)23/h2-9H,10H2,1H3,(H,22,23). The molecule has 0 aliphatic heterocycles. The number of nitrogens with zero attached hydrogens (tertiary/aromatic N) is 2. The van der Waals surface area contributed by atoms with Gasteiger partial charge in [0.2, 0.25) is 0 Å². The molecule has 6 nitrogen and oxygen atoms in total. The highest BCUT2D eigenvalue weighted by Crippen LogP contribution is 2.22. The Bertz CT molecular complexity index is 879. The van der Waals surface area contributed by atoms with Crippen molar-refractivity contribution in [3.8, 4) is 22.8 Å². The quantitative estimate of drug-likeness (QED) is 0.525. The molecule has 1 heterocycles. The number of carbonyl (C=O) groups is 1. The summed E-state index contributed by atoms with van der Waals surface area (Å²) in [5.41, 5.74) is 1.69. The molecule has 3 aromatic rings. The predicted octanol–water partition coefficient (Wildman–Crippen LogP) is 1.86. The van der Waals surface area contributed by atoms with Crippen molar-refractivity contribution in [1.29, 1.82) is 0 Å². The Balaban J connectivity index is 2.08. The van der Waals surface area contributed by atoms with E-state index in [9.17, 15) is 9.90 Å². The van der Waals surface area contributed by atoms with Crippen molar-refractivity contribution in [2.24, 2.45) is 0 Å². The van der Waals surface area contributed by atoms with Gasteiger partial charge < -0.3 is 14.6 Å². The van der Waals surface area contributed by atoms with Crippen LogP contribution < -0.4 is 14.4 Å². The van der Waals surface area contributed by atoms with E-state index in [1.807, 2.05) is 41.0 Å². The van der Waals surface area contributed by atoms with Crippen LogP contribution in [0, 0.1) is 0 Å². The predicted molar refractivity (Wildman–Crippen MR) is 92.8 cm³/mol. The second-order valence-electron chi connectivity index (χ2n) is 5.06. The fourth-order valence-electron chi connectivity index (χ4n) is 2.29. The van der Waals surface area contributed by atoms with E-state index in [-0.39, 0.29) is 5.75 Å². The summed E-state index contributed by atoms with van der Waals surface area (Å²) in [5, 5.41) is 19.2. The summed E-state index contributed by atoms with van der Waals surface area (Å²) in [4.78, 5) is 10.8. The molecule has 0 saturated carbocycles. The smallest absolute Gasteiger partial charge is 0.342 e. The lowest BCUT2D eigenvalue weighted by atomic mass is 10.2. The van der Waals surface area contributed by atoms with Crippen molar-refractivity contribution >= 4 is 29.3 Å². The number of ether oxygens (including phenoxy) is 1. The largest absolute Gasteiger partial charge is 0.549 e. The van der Waals surface area contributed by atoms with Crippen LogP contribution in [0.2, 0.25) is 5.02 Å². The van der Waals surface area contributed by atoms with E-state index in [1.165, 1.54) is 0 Å². The number of thioether (sulfide) groups is 1. The Morgan fingerprint density at radius 1 is 1.24 bits per heavy atom. The Morgan fingerprint density at radius 3 is 2.52 bits per heavy atom. The molecule has 0 saturated heterocycles. The minimum atomic E-state index is -1.15. The Labute approximate surface area is 153 Å². The second-order valence-corrected chi connectivity index (χ2v) is 6.43. The molecule has 0 atom stereocenters. The van der Waals surface area contributed by atoms with Crippen molar-refractivity contribution < 1.29 is 19.2 Å². The summed E-state index contributed by atoms with van der Waals surface area (Å²) in [6, 6.07) is 14.7. The van der Waals surface area contributed by atoms with Crippen LogP contribution in [0.1, 0.15) is 0 Å². The highest BCUT2D eigenvalue weighted by atomic mass is 35.5. The highest BCUT2D eigenvalue weighted by Gasteiger charge is 2.23. The molecule has 1 aromatic heterocycles. The van der Waals surface area contributed by atoms with Crippen molar-refractivity contribution in [2.75, 3.05) is 12.9 Å². The number of aliphatic carboxylic acids is 1. The lowest BCUT2D eigenvalue weighted by Crippen LogP contribution is -2.34. The minimum Gasteiger partial charge on any atom is -0.549 e. The maximum absolute atomic E-state index is 10.8. The third-order valence-electron chi connectivity index (χ3n) is 3.44. The number of aromatic nitrogens is 3. The van der Waals surface area contributed by atoms with Gasteiger partial charge in [-0.25, -0.2) is 0 Å². The molecule has 0 radical (unpaired) electrons. The van der Waals surface area contributed by atoms with Gasteiger partial charge in [0, 0.05) is 10.8 Å². The Morgan fingerprint density at radius 2 is 1.92 bits per heavy atom. The maximum Gasteiger partial charge on any atom is 0.342 e. The topological polar surface area (TPSA) is 81.9 Å². The molecule has 0 bridgehead atoms. The number of nitrogens with one attached hydrogen (secondary N) is 1. The van der Waals surface area contributed by atoms with Gasteiger partial charge in [0.1, 0.15) is 11.4 Å². The first-order valence-corrected chi connectivity index (χ1v) is 8.68. The van der Waals surface area contributed by atoms with Crippen LogP contribution in [0.4, 0.5) is 0 Å². The van der Waals surface area contributed by atoms with Crippen LogP contribution in [0.3, 0.4) is 0 Å². The molecule has 128 valence electrons. The summed E-state index contributed by atoms with van der Waals surface area (Å²) in [6.45, 7) is 0. The Hall–Kier alpha value is -2.51. The van der Waals surface area contributed by atoms with Gasteiger partial charge in [0.15, 0.2) is 0 Å². The molecule has 8 heteroatoms. The zero-order valence-electron chi connectivity index (χ0n) is 13.2. The number of carboxylic acids is 1. The molecule has 25 heavy (non-hydrogen) atoms. The average Bonchev–Trinajstić information content (AvgIpc) is 3.04. The monoisotopic (exact) mass is 375 g/mol. The first kappa shape index (κ1) is 17.3. The molecule has 0 spiro atoms. The third-order valence-corrected chi connectivity index (χ3v) is 4.60. The van der Waals surface area contributed by atoms with Crippen molar-refractivity contribution in [2.45, 2.75) is 5.16 Å². The van der Waals surface area contributed by atoms with Gasteiger partial charge in [0.25, 0.3) is 5.82 Å². The number of carboxylic acid groups (broad SMARTS) is 1. The van der Waals surface area contributed by atoms with E-state index >= 15 is 0 Å².